The maximum Gasteiger partial charge on any atom is 0.351 e. The molecule has 29 heavy (non-hydrogen) atoms. The number of hydrogen-bond donors (Lipinski definition) is 1. The van der Waals surface area contributed by atoms with E-state index in [2.05, 4.69) is 0 Å². The first kappa shape index (κ1) is 21.6. The number of aliphatic hydroxyl groups is 1. The molecule has 1 saturated heterocycles. The maximum atomic E-state index is 12.8. The van der Waals surface area contributed by atoms with Gasteiger partial charge < -0.3 is 19.3 Å². The molecule has 1 saturated carbocycles. The molecule has 6 unspecified atom stereocenters. The largest absolute Gasteiger partial charge is 0.462 e. The number of carbonyl (C=O) groups is 3. The highest BCUT2D eigenvalue weighted by Gasteiger charge is 2.64. The van der Waals surface area contributed by atoms with Gasteiger partial charge in [-0.15, -0.1) is 0 Å². The smallest absolute Gasteiger partial charge is 0.351 e. The van der Waals surface area contributed by atoms with Crippen molar-refractivity contribution in [2.75, 3.05) is 0 Å². The summed E-state index contributed by atoms with van der Waals surface area (Å²) >= 11 is 0. The van der Waals surface area contributed by atoms with E-state index < -0.39 is 47.2 Å². The number of hydrogen-bond acceptors (Lipinski definition) is 7. The molecule has 3 rings (SSSR count). The van der Waals surface area contributed by atoms with E-state index in [0.717, 1.165) is 11.1 Å². The average molecular weight is 406 g/mol. The molecule has 0 radical (unpaired) electrons. The van der Waals surface area contributed by atoms with Crippen molar-refractivity contribution in [3.63, 3.8) is 0 Å². The number of aliphatic hydroxyl groups excluding tert-OH is 1. The Balaban J connectivity index is 2.00. The molecule has 0 aromatic carbocycles. The van der Waals surface area contributed by atoms with Crippen molar-refractivity contribution >= 4 is 17.9 Å². The Hall–Kier alpha value is -2.15. The maximum absolute atomic E-state index is 12.8. The molecule has 7 nitrogen and oxygen atoms in total. The summed E-state index contributed by atoms with van der Waals surface area (Å²) in [6.07, 6.45) is 1.21. The summed E-state index contributed by atoms with van der Waals surface area (Å²) in [4.78, 5) is 36.9. The second-order valence-corrected chi connectivity index (χ2v) is 8.80. The van der Waals surface area contributed by atoms with E-state index in [1.807, 2.05) is 13.8 Å². The zero-order valence-electron chi connectivity index (χ0n) is 17.9. The number of esters is 3. The number of carbonyl (C=O) groups excluding carboxylic acids is 3. The molecule has 0 aromatic heterocycles. The Labute approximate surface area is 171 Å². The molecule has 0 bridgehead atoms. The number of allylic oxidation sites excluding steroid dienone is 1. The van der Waals surface area contributed by atoms with E-state index in [9.17, 15) is 19.5 Å². The van der Waals surface area contributed by atoms with Crippen LogP contribution in [0.2, 0.25) is 0 Å². The van der Waals surface area contributed by atoms with Crippen molar-refractivity contribution in [1.82, 2.24) is 0 Å². The molecule has 2 fully saturated rings. The summed E-state index contributed by atoms with van der Waals surface area (Å²) in [6, 6.07) is 0. The van der Waals surface area contributed by atoms with Crippen LogP contribution in [-0.4, -0.2) is 46.9 Å². The van der Waals surface area contributed by atoms with Crippen LogP contribution in [0.1, 0.15) is 60.8 Å². The summed E-state index contributed by atoms with van der Waals surface area (Å²) in [5, 5.41) is 10.6. The Morgan fingerprint density at radius 2 is 1.93 bits per heavy atom. The molecule has 7 heteroatoms. The SMILES string of the molecule is CC=C(C)C(=O)OC1(C)C(=O)OC2C3=C(C)C(O)CC(OC(C)=O)C3(C)CCC21. The predicted molar refractivity (Wildman–Crippen MR) is 104 cm³/mol. The van der Waals surface area contributed by atoms with E-state index in [1.165, 1.54) is 6.92 Å². The second kappa shape index (κ2) is 7.27. The highest BCUT2D eigenvalue weighted by molar-refractivity contribution is 5.92. The lowest BCUT2D eigenvalue weighted by molar-refractivity contribution is -0.170. The third kappa shape index (κ3) is 3.29. The van der Waals surface area contributed by atoms with Crippen LogP contribution < -0.4 is 0 Å². The highest BCUT2D eigenvalue weighted by atomic mass is 16.6. The molecule has 0 spiro atoms. The van der Waals surface area contributed by atoms with Gasteiger partial charge in [0.1, 0.15) is 12.2 Å². The van der Waals surface area contributed by atoms with Crippen LogP contribution in [0.3, 0.4) is 0 Å². The molecular formula is C22H30O7. The average Bonchev–Trinajstić information content (AvgIpc) is 2.88. The Kier molecular flexibility index (Phi) is 5.41. The van der Waals surface area contributed by atoms with E-state index in [1.54, 1.807) is 26.8 Å². The van der Waals surface area contributed by atoms with E-state index in [-0.39, 0.29) is 5.92 Å². The van der Waals surface area contributed by atoms with Crippen molar-refractivity contribution in [2.24, 2.45) is 11.3 Å². The molecule has 1 heterocycles. The molecule has 0 aromatic rings. The zero-order chi connectivity index (χ0) is 21.7. The van der Waals surface area contributed by atoms with Gasteiger partial charge >= 0.3 is 17.9 Å². The number of rotatable bonds is 3. The topological polar surface area (TPSA) is 99.1 Å². The first-order valence-electron chi connectivity index (χ1n) is 10.1. The minimum absolute atomic E-state index is 0.309. The van der Waals surface area contributed by atoms with Crippen LogP contribution in [0.25, 0.3) is 0 Å². The fraction of sp³-hybridized carbons (Fsp3) is 0.682. The number of ether oxygens (including phenoxy) is 3. The lowest BCUT2D eigenvalue weighted by Gasteiger charge is -2.51. The molecule has 3 aliphatic rings. The Bertz CT molecular complexity index is 810. The van der Waals surface area contributed by atoms with Gasteiger partial charge in [0.2, 0.25) is 5.60 Å². The summed E-state index contributed by atoms with van der Waals surface area (Å²) in [7, 11) is 0. The van der Waals surface area contributed by atoms with Crippen LogP contribution in [0.5, 0.6) is 0 Å². The summed E-state index contributed by atoms with van der Waals surface area (Å²) in [5.74, 6) is -1.91. The van der Waals surface area contributed by atoms with Crippen LogP contribution >= 0.6 is 0 Å². The van der Waals surface area contributed by atoms with Crippen LogP contribution in [0, 0.1) is 11.3 Å². The number of fused-ring (bicyclic) bond motifs is 3. The van der Waals surface area contributed by atoms with Gasteiger partial charge in [0, 0.05) is 24.3 Å². The van der Waals surface area contributed by atoms with Gasteiger partial charge in [-0.2, -0.15) is 0 Å². The zero-order valence-corrected chi connectivity index (χ0v) is 17.9. The van der Waals surface area contributed by atoms with E-state index in [0.29, 0.717) is 24.8 Å². The molecular weight excluding hydrogens is 376 g/mol. The lowest BCUT2D eigenvalue weighted by Crippen LogP contribution is -2.54. The van der Waals surface area contributed by atoms with Gasteiger partial charge in [-0.3, -0.25) is 4.79 Å². The summed E-state index contributed by atoms with van der Waals surface area (Å²) in [6.45, 7) is 10.1. The minimum Gasteiger partial charge on any atom is -0.462 e. The lowest BCUT2D eigenvalue weighted by atomic mass is 9.57. The van der Waals surface area contributed by atoms with Gasteiger partial charge in [0.15, 0.2) is 0 Å². The quantitative estimate of drug-likeness (QED) is 0.333. The standard InChI is InChI=1S/C22H30O7/c1-7-11(2)19(25)29-22(6)14-8-9-21(5)16(27-13(4)23)10-15(24)12(3)17(21)18(14)28-20(22)26/h7,14-16,18,24H,8-10H2,1-6H3. The molecule has 0 amide bonds. The molecule has 6 atom stereocenters. The van der Waals surface area contributed by atoms with E-state index >= 15 is 0 Å². The van der Waals surface area contributed by atoms with Gasteiger partial charge in [-0.05, 0) is 51.7 Å². The van der Waals surface area contributed by atoms with Crippen LogP contribution in [0.4, 0.5) is 0 Å². The predicted octanol–water partition coefficient (Wildman–Crippen LogP) is 2.61. The van der Waals surface area contributed by atoms with Gasteiger partial charge in [0.25, 0.3) is 0 Å². The monoisotopic (exact) mass is 406 g/mol. The normalized spacial score (nSPS) is 39.4. The summed E-state index contributed by atoms with van der Waals surface area (Å²) in [5.41, 5.74) is -0.0139. The van der Waals surface area contributed by atoms with Crippen LogP contribution in [0.15, 0.2) is 22.8 Å². The highest BCUT2D eigenvalue weighted by Crippen LogP contribution is 2.57. The van der Waals surface area contributed by atoms with Crippen molar-refractivity contribution in [3.05, 3.63) is 22.8 Å². The third-order valence-electron chi connectivity index (χ3n) is 7.03. The first-order chi connectivity index (χ1) is 13.5. The molecule has 1 N–H and O–H groups in total. The van der Waals surface area contributed by atoms with Gasteiger partial charge in [-0.1, -0.05) is 13.0 Å². The molecule has 1 aliphatic heterocycles. The second-order valence-electron chi connectivity index (χ2n) is 8.80. The van der Waals surface area contributed by atoms with Gasteiger partial charge in [0.05, 0.1) is 12.0 Å². The fourth-order valence-corrected chi connectivity index (χ4v) is 5.07. The van der Waals surface area contributed by atoms with Gasteiger partial charge in [-0.25, -0.2) is 9.59 Å². The van der Waals surface area contributed by atoms with Crippen molar-refractivity contribution in [1.29, 1.82) is 0 Å². The molecule has 2 aliphatic carbocycles. The molecule has 160 valence electrons. The van der Waals surface area contributed by atoms with Crippen molar-refractivity contribution in [3.8, 4) is 0 Å². The minimum atomic E-state index is -1.40. The Morgan fingerprint density at radius 3 is 2.52 bits per heavy atom. The summed E-state index contributed by atoms with van der Waals surface area (Å²) < 4.78 is 17.0. The first-order valence-corrected chi connectivity index (χ1v) is 10.1. The van der Waals surface area contributed by atoms with E-state index in [4.69, 9.17) is 14.2 Å². The Morgan fingerprint density at radius 1 is 1.28 bits per heavy atom. The van der Waals surface area contributed by atoms with Crippen molar-refractivity contribution < 1.29 is 33.7 Å². The van der Waals surface area contributed by atoms with Crippen molar-refractivity contribution in [2.45, 2.75) is 84.7 Å². The van der Waals surface area contributed by atoms with Crippen LogP contribution in [-0.2, 0) is 28.6 Å². The third-order valence-corrected chi connectivity index (χ3v) is 7.03. The fourth-order valence-electron chi connectivity index (χ4n) is 5.07.